The molecule has 1 rings (SSSR count). The maximum Gasteiger partial charge on any atom is 0.0842 e. The van der Waals surface area contributed by atoms with Crippen LogP contribution in [0.25, 0.3) is 0 Å². The topological polar surface area (TPSA) is 21.3 Å². The van der Waals surface area contributed by atoms with Gasteiger partial charge in [0.25, 0.3) is 0 Å². The fourth-order valence-corrected chi connectivity index (χ4v) is 2.70. The van der Waals surface area contributed by atoms with Crippen LogP contribution in [-0.4, -0.2) is 19.3 Å². The van der Waals surface area contributed by atoms with Gasteiger partial charge < -0.3 is 10.1 Å². The van der Waals surface area contributed by atoms with Gasteiger partial charge in [-0.15, -0.1) is 0 Å². The van der Waals surface area contributed by atoms with E-state index in [2.05, 4.69) is 59.0 Å². The van der Waals surface area contributed by atoms with Crippen LogP contribution < -0.4 is 5.32 Å². The fraction of sp³-hybridized carbons (Fsp3) is 0.667. The summed E-state index contributed by atoms with van der Waals surface area (Å²) in [5.74, 6) is 0. The highest BCUT2D eigenvalue weighted by Gasteiger charge is 2.34. The normalized spacial score (nSPS) is 15.9. The lowest BCUT2D eigenvalue weighted by Crippen LogP contribution is -2.43. The molecule has 2 nitrogen and oxygen atoms in total. The molecule has 0 spiro atoms. The summed E-state index contributed by atoms with van der Waals surface area (Å²) in [5.41, 5.74) is 5.24. The van der Waals surface area contributed by atoms with Crippen molar-refractivity contribution < 1.29 is 4.74 Å². The molecule has 0 saturated heterocycles. The Balaban J connectivity index is 3.26. The molecule has 1 N–H and O–H groups in total. The van der Waals surface area contributed by atoms with Crippen LogP contribution in [0, 0.1) is 20.8 Å². The summed E-state index contributed by atoms with van der Waals surface area (Å²) in [6.07, 6.45) is 2.11. The second-order valence-corrected chi connectivity index (χ2v) is 6.05. The van der Waals surface area contributed by atoms with Crippen LogP contribution >= 0.6 is 0 Å². The van der Waals surface area contributed by atoms with Gasteiger partial charge in [0.15, 0.2) is 0 Å². The molecule has 0 fully saturated rings. The molecule has 1 aromatic rings. The number of ether oxygens (including phenoxy) is 1. The Morgan fingerprint density at radius 1 is 1.10 bits per heavy atom. The molecule has 0 bridgehead atoms. The molecule has 20 heavy (non-hydrogen) atoms. The lowest BCUT2D eigenvalue weighted by molar-refractivity contribution is -0.0301. The molecule has 0 radical (unpaired) electrons. The zero-order valence-electron chi connectivity index (χ0n) is 14.3. The first-order valence-electron chi connectivity index (χ1n) is 7.75. The Labute approximate surface area is 124 Å². The number of aryl methyl sites for hydroxylation is 3. The third-order valence-electron chi connectivity index (χ3n) is 4.57. The molecule has 0 aliphatic heterocycles. The monoisotopic (exact) mass is 277 g/mol. The zero-order chi connectivity index (χ0) is 15.3. The van der Waals surface area contributed by atoms with E-state index in [1.165, 1.54) is 22.3 Å². The van der Waals surface area contributed by atoms with Crippen LogP contribution in [0.3, 0.4) is 0 Å². The lowest BCUT2D eigenvalue weighted by Gasteiger charge is -2.38. The standard InChI is InChI=1S/C18H31NO/c1-8-10-19-17(18(6,9-2)20-7)16-12-14(4)13(3)11-15(16)5/h11-12,17,19H,8-10H2,1-7H3. The molecule has 2 unspecified atom stereocenters. The van der Waals surface area contributed by atoms with Crippen LogP contribution in [0.15, 0.2) is 12.1 Å². The third kappa shape index (κ3) is 3.62. The minimum atomic E-state index is -0.179. The third-order valence-corrected chi connectivity index (χ3v) is 4.57. The SMILES string of the molecule is CCCNC(c1cc(C)c(C)cc1C)C(C)(CC)OC. The molecule has 2 heteroatoms. The molecule has 0 saturated carbocycles. The Morgan fingerprint density at radius 2 is 1.70 bits per heavy atom. The van der Waals surface area contributed by atoms with Crippen molar-refractivity contribution in [2.24, 2.45) is 0 Å². The summed E-state index contributed by atoms with van der Waals surface area (Å²) < 4.78 is 5.86. The summed E-state index contributed by atoms with van der Waals surface area (Å²) >= 11 is 0. The first kappa shape index (κ1) is 17.2. The summed E-state index contributed by atoms with van der Waals surface area (Å²) in [6, 6.07) is 4.85. The second-order valence-electron chi connectivity index (χ2n) is 6.05. The Hall–Kier alpha value is -0.860. The molecular weight excluding hydrogens is 246 g/mol. The van der Waals surface area contributed by atoms with Crippen molar-refractivity contribution >= 4 is 0 Å². The van der Waals surface area contributed by atoms with E-state index in [-0.39, 0.29) is 11.6 Å². The molecule has 1 aromatic carbocycles. The first-order valence-corrected chi connectivity index (χ1v) is 7.75. The number of hydrogen-bond donors (Lipinski definition) is 1. The first-order chi connectivity index (χ1) is 9.39. The quantitative estimate of drug-likeness (QED) is 0.794. The minimum Gasteiger partial charge on any atom is -0.377 e. The van der Waals surface area contributed by atoms with Crippen molar-refractivity contribution in [2.75, 3.05) is 13.7 Å². The number of nitrogens with one attached hydrogen (secondary N) is 1. The number of rotatable bonds is 7. The van der Waals surface area contributed by atoms with Gasteiger partial charge in [-0.3, -0.25) is 0 Å². The van der Waals surface area contributed by atoms with Crippen molar-refractivity contribution in [3.63, 3.8) is 0 Å². The average Bonchev–Trinajstić information content (AvgIpc) is 2.44. The Bertz CT molecular complexity index is 435. The van der Waals surface area contributed by atoms with Crippen LogP contribution in [-0.2, 0) is 4.74 Å². The molecule has 0 aliphatic carbocycles. The number of methoxy groups -OCH3 is 1. The molecule has 114 valence electrons. The fourth-order valence-electron chi connectivity index (χ4n) is 2.70. The minimum absolute atomic E-state index is 0.179. The molecule has 0 aliphatic rings. The summed E-state index contributed by atoms with van der Waals surface area (Å²) in [5, 5.41) is 3.69. The van der Waals surface area contributed by atoms with E-state index in [0.29, 0.717) is 0 Å². The molecular formula is C18H31NO. The van der Waals surface area contributed by atoms with Gasteiger partial charge in [0.1, 0.15) is 0 Å². The maximum atomic E-state index is 5.86. The summed E-state index contributed by atoms with van der Waals surface area (Å²) in [4.78, 5) is 0. The number of hydrogen-bond acceptors (Lipinski definition) is 2. The van der Waals surface area contributed by atoms with Crippen molar-refractivity contribution in [3.05, 3.63) is 34.4 Å². The van der Waals surface area contributed by atoms with E-state index in [4.69, 9.17) is 4.74 Å². The van der Waals surface area contributed by atoms with E-state index in [0.717, 1.165) is 19.4 Å². The van der Waals surface area contributed by atoms with Crippen LogP contribution in [0.2, 0.25) is 0 Å². The van der Waals surface area contributed by atoms with Crippen LogP contribution in [0.1, 0.15) is 61.9 Å². The summed E-state index contributed by atoms with van der Waals surface area (Å²) in [6.45, 7) is 14.2. The second kappa shape index (κ2) is 7.24. The van der Waals surface area contributed by atoms with Gasteiger partial charge >= 0.3 is 0 Å². The molecule has 0 heterocycles. The Morgan fingerprint density at radius 3 is 2.20 bits per heavy atom. The average molecular weight is 277 g/mol. The predicted molar refractivity (Wildman–Crippen MR) is 87.4 cm³/mol. The largest absolute Gasteiger partial charge is 0.377 e. The van der Waals surface area contributed by atoms with Gasteiger partial charge in [-0.1, -0.05) is 26.0 Å². The van der Waals surface area contributed by atoms with Crippen molar-refractivity contribution in [1.82, 2.24) is 5.32 Å². The van der Waals surface area contributed by atoms with Crippen molar-refractivity contribution in [1.29, 1.82) is 0 Å². The van der Waals surface area contributed by atoms with Crippen molar-refractivity contribution in [2.45, 2.75) is 66.0 Å². The van der Waals surface area contributed by atoms with Gasteiger partial charge in [0, 0.05) is 7.11 Å². The summed E-state index contributed by atoms with van der Waals surface area (Å²) in [7, 11) is 1.82. The Kier molecular flexibility index (Phi) is 6.22. The van der Waals surface area contributed by atoms with Gasteiger partial charge in [-0.2, -0.15) is 0 Å². The van der Waals surface area contributed by atoms with Crippen LogP contribution in [0.5, 0.6) is 0 Å². The van der Waals surface area contributed by atoms with E-state index in [1.807, 2.05) is 7.11 Å². The maximum absolute atomic E-state index is 5.86. The van der Waals surface area contributed by atoms with Crippen LogP contribution in [0.4, 0.5) is 0 Å². The van der Waals surface area contributed by atoms with E-state index in [9.17, 15) is 0 Å². The van der Waals surface area contributed by atoms with Crippen molar-refractivity contribution in [3.8, 4) is 0 Å². The lowest BCUT2D eigenvalue weighted by atomic mass is 9.84. The van der Waals surface area contributed by atoms with E-state index >= 15 is 0 Å². The highest BCUT2D eigenvalue weighted by molar-refractivity contribution is 5.39. The van der Waals surface area contributed by atoms with Gasteiger partial charge in [-0.05, 0) is 69.3 Å². The molecule has 0 aromatic heterocycles. The molecule has 0 amide bonds. The van der Waals surface area contributed by atoms with E-state index < -0.39 is 0 Å². The highest BCUT2D eigenvalue weighted by atomic mass is 16.5. The number of benzene rings is 1. The molecule has 2 atom stereocenters. The van der Waals surface area contributed by atoms with E-state index in [1.54, 1.807) is 0 Å². The van der Waals surface area contributed by atoms with Gasteiger partial charge in [-0.25, -0.2) is 0 Å². The smallest absolute Gasteiger partial charge is 0.0842 e. The highest BCUT2D eigenvalue weighted by Crippen LogP contribution is 2.34. The predicted octanol–water partition coefficient (Wildman–Crippen LogP) is 4.47. The van der Waals surface area contributed by atoms with Gasteiger partial charge in [0.2, 0.25) is 0 Å². The van der Waals surface area contributed by atoms with Gasteiger partial charge in [0.05, 0.1) is 11.6 Å². The zero-order valence-corrected chi connectivity index (χ0v) is 14.3.